The number of benzene rings is 2. The van der Waals surface area contributed by atoms with Gasteiger partial charge in [0.25, 0.3) is 5.91 Å². The third kappa shape index (κ3) is 2.33. The van der Waals surface area contributed by atoms with Crippen molar-refractivity contribution in [1.29, 1.82) is 0 Å². The van der Waals surface area contributed by atoms with Crippen LogP contribution in [0, 0.1) is 5.82 Å². The number of carbonyl (C=O) groups excluding carboxylic acids is 1. The Morgan fingerprint density at radius 2 is 2.05 bits per heavy atom. The number of thiazole rings is 1. The van der Waals surface area contributed by atoms with E-state index in [1.165, 1.54) is 17.4 Å². The maximum atomic E-state index is 12.9. The highest BCUT2D eigenvalue weighted by atomic mass is 32.1. The fourth-order valence-electron chi connectivity index (χ4n) is 1.79. The molecule has 100 valence electrons. The Hall–Kier alpha value is -2.47. The number of para-hydroxylation sites is 1. The zero-order valence-electron chi connectivity index (χ0n) is 10.1. The van der Waals surface area contributed by atoms with E-state index < -0.39 is 17.5 Å². The first-order valence-corrected chi connectivity index (χ1v) is 6.60. The molecular formula is C14H9FN2O2S. The van der Waals surface area contributed by atoms with Crippen molar-refractivity contribution < 1.29 is 14.3 Å². The standard InChI is InChI=1S/C14H9FN2O2S/c15-8-5-6-9(11(18)7-8)13(19)17-14-16-10-3-1-2-4-12(10)20-14/h1-7,18H,(H,16,17,19). The summed E-state index contributed by atoms with van der Waals surface area (Å²) in [5, 5.41) is 12.6. The molecule has 0 atom stereocenters. The summed E-state index contributed by atoms with van der Waals surface area (Å²) >= 11 is 1.33. The van der Waals surface area contributed by atoms with Gasteiger partial charge in [-0.1, -0.05) is 23.5 Å². The Bertz CT molecular complexity index is 768. The smallest absolute Gasteiger partial charge is 0.261 e. The SMILES string of the molecule is O=C(Nc1nc2ccccc2s1)c1ccc(F)cc1O. The van der Waals surface area contributed by atoms with Crippen molar-refractivity contribution in [1.82, 2.24) is 4.98 Å². The Morgan fingerprint density at radius 3 is 2.80 bits per heavy atom. The molecule has 20 heavy (non-hydrogen) atoms. The minimum Gasteiger partial charge on any atom is -0.507 e. The molecule has 0 saturated carbocycles. The number of fused-ring (bicyclic) bond motifs is 1. The number of amides is 1. The molecular weight excluding hydrogens is 279 g/mol. The molecule has 0 fully saturated rings. The first kappa shape index (κ1) is 12.6. The molecule has 0 aliphatic rings. The van der Waals surface area contributed by atoms with Crippen molar-refractivity contribution in [2.45, 2.75) is 0 Å². The lowest BCUT2D eigenvalue weighted by Gasteiger charge is -2.03. The summed E-state index contributed by atoms with van der Waals surface area (Å²) in [6.07, 6.45) is 0. The van der Waals surface area contributed by atoms with E-state index in [2.05, 4.69) is 10.3 Å². The molecule has 0 spiro atoms. The molecule has 3 rings (SSSR count). The van der Waals surface area contributed by atoms with Crippen LogP contribution < -0.4 is 5.32 Å². The number of rotatable bonds is 2. The van der Waals surface area contributed by atoms with Crippen molar-refractivity contribution in [3.63, 3.8) is 0 Å². The van der Waals surface area contributed by atoms with Crippen LogP contribution >= 0.6 is 11.3 Å². The number of carbonyl (C=O) groups is 1. The third-order valence-corrected chi connectivity index (χ3v) is 3.67. The quantitative estimate of drug-likeness (QED) is 0.759. The van der Waals surface area contributed by atoms with E-state index in [-0.39, 0.29) is 5.56 Å². The van der Waals surface area contributed by atoms with E-state index >= 15 is 0 Å². The van der Waals surface area contributed by atoms with E-state index in [0.717, 1.165) is 22.3 Å². The highest BCUT2D eigenvalue weighted by Crippen LogP contribution is 2.26. The minimum absolute atomic E-state index is 0.00524. The molecule has 3 aromatic rings. The first-order valence-electron chi connectivity index (χ1n) is 5.79. The number of phenols is 1. The van der Waals surface area contributed by atoms with Crippen LogP contribution in [0.2, 0.25) is 0 Å². The second kappa shape index (κ2) is 4.90. The fraction of sp³-hybridized carbons (Fsp3) is 0. The summed E-state index contributed by atoms with van der Waals surface area (Å²) in [6.45, 7) is 0. The monoisotopic (exact) mass is 288 g/mol. The molecule has 0 aliphatic carbocycles. The van der Waals surface area contributed by atoms with E-state index in [1.54, 1.807) is 0 Å². The number of aromatic hydroxyl groups is 1. The van der Waals surface area contributed by atoms with Crippen molar-refractivity contribution in [3.8, 4) is 5.75 Å². The molecule has 2 aromatic carbocycles. The molecule has 0 radical (unpaired) electrons. The van der Waals surface area contributed by atoms with Crippen LogP contribution in [0.25, 0.3) is 10.2 Å². The Morgan fingerprint density at radius 1 is 1.25 bits per heavy atom. The lowest BCUT2D eigenvalue weighted by Crippen LogP contribution is -2.11. The number of nitrogens with zero attached hydrogens (tertiary/aromatic N) is 1. The first-order chi connectivity index (χ1) is 9.63. The van der Waals surface area contributed by atoms with E-state index in [0.29, 0.717) is 5.13 Å². The molecule has 2 N–H and O–H groups in total. The number of halogens is 1. The lowest BCUT2D eigenvalue weighted by atomic mass is 10.2. The van der Waals surface area contributed by atoms with Gasteiger partial charge in [-0.2, -0.15) is 0 Å². The van der Waals surface area contributed by atoms with Gasteiger partial charge in [-0.3, -0.25) is 10.1 Å². The molecule has 0 aliphatic heterocycles. The summed E-state index contributed by atoms with van der Waals surface area (Å²) in [5.74, 6) is -1.52. The number of nitrogens with one attached hydrogen (secondary N) is 1. The van der Waals surface area contributed by atoms with Crippen molar-refractivity contribution in [3.05, 3.63) is 53.8 Å². The minimum atomic E-state index is -0.598. The fourth-order valence-corrected chi connectivity index (χ4v) is 2.65. The Labute approximate surface area is 117 Å². The van der Waals surface area contributed by atoms with E-state index in [9.17, 15) is 14.3 Å². The van der Waals surface area contributed by atoms with Gasteiger partial charge in [0.05, 0.1) is 15.8 Å². The predicted octanol–water partition coefficient (Wildman–Crippen LogP) is 3.39. The number of aromatic nitrogens is 1. The normalized spacial score (nSPS) is 10.7. The van der Waals surface area contributed by atoms with Gasteiger partial charge >= 0.3 is 0 Å². The van der Waals surface area contributed by atoms with Gasteiger partial charge in [0, 0.05) is 6.07 Å². The van der Waals surface area contributed by atoms with Crippen LogP contribution in [0.15, 0.2) is 42.5 Å². The van der Waals surface area contributed by atoms with Crippen molar-refractivity contribution in [2.24, 2.45) is 0 Å². The second-order valence-corrected chi connectivity index (χ2v) is 5.13. The van der Waals surface area contributed by atoms with Crippen LogP contribution in [0.1, 0.15) is 10.4 Å². The Balaban J connectivity index is 1.88. The topological polar surface area (TPSA) is 62.2 Å². The third-order valence-electron chi connectivity index (χ3n) is 2.72. The molecule has 0 saturated heterocycles. The summed E-state index contributed by atoms with van der Waals surface area (Å²) in [5.41, 5.74) is 0.793. The second-order valence-electron chi connectivity index (χ2n) is 4.10. The van der Waals surface area contributed by atoms with Gasteiger partial charge in [0.1, 0.15) is 11.6 Å². The molecule has 4 nitrogen and oxygen atoms in total. The summed E-state index contributed by atoms with van der Waals surface area (Å²) < 4.78 is 13.8. The van der Waals surface area contributed by atoms with Crippen LogP contribution in [0.3, 0.4) is 0 Å². The highest BCUT2D eigenvalue weighted by molar-refractivity contribution is 7.22. The molecule has 1 heterocycles. The van der Waals surface area contributed by atoms with Crippen LogP contribution in [-0.2, 0) is 0 Å². The zero-order valence-corrected chi connectivity index (χ0v) is 10.9. The highest BCUT2D eigenvalue weighted by Gasteiger charge is 2.14. The van der Waals surface area contributed by atoms with Crippen LogP contribution in [0.4, 0.5) is 9.52 Å². The number of hydrogen-bond donors (Lipinski definition) is 2. The maximum Gasteiger partial charge on any atom is 0.261 e. The molecule has 6 heteroatoms. The lowest BCUT2D eigenvalue weighted by molar-refractivity contribution is 0.102. The van der Waals surface area contributed by atoms with Gasteiger partial charge in [-0.05, 0) is 24.3 Å². The average Bonchev–Trinajstić information content (AvgIpc) is 2.80. The Kier molecular flexibility index (Phi) is 3.08. The van der Waals surface area contributed by atoms with E-state index in [4.69, 9.17) is 0 Å². The zero-order chi connectivity index (χ0) is 14.1. The van der Waals surface area contributed by atoms with Crippen LogP contribution in [-0.4, -0.2) is 16.0 Å². The predicted molar refractivity (Wildman–Crippen MR) is 75.6 cm³/mol. The average molecular weight is 288 g/mol. The van der Waals surface area contributed by atoms with Gasteiger partial charge in [0.15, 0.2) is 5.13 Å². The van der Waals surface area contributed by atoms with Crippen molar-refractivity contribution >= 4 is 32.6 Å². The summed E-state index contributed by atoms with van der Waals surface area (Å²) in [6, 6.07) is 10.7. The van der Waals surface area contributed by atoms with Gasteiger partial charge in [-0.15, -0.1) is 0 Å². The number of phenolic OH excluding ortho intramolecular Hbond substituents is 1. The van der Waals surface area contributed by atoms with Crippen molar-refractivity contribution in [2.75, 3.05) is 5.32 Å². The number of anilines is 1. The van der Waals surface area contributed by atoms with Crippen LogP contribution in [0.5, 0.6) is 5.75 Å². The molecule has 0 unspecified atom stereocenters. The summed E-state index contributed by atoms with van der Waals surface area (Å²) in [4.78, 5) is 16.3. The van der Waals surface area contributed by atoms with Gasteiger partial charge in [0.2, 0.25) is 0 Å². The molecule has 1 amide bonds. The maximum absolute atomic E-state index is 12.9. The van der Waals surface area contributed by atoms with Gasteiger partial charge in [-0.25, -0.2) is 9.37 Å². The molecule has 0 bridgehead atoms. The summed E-state index contributed by atoms with van der Waals surface area (Å²) in [7, 11) is 0. The van der Waals surface area contributed by atoms with Gasteiger partial charge < -0.3 is 5.11 Å². The molecule has 1 aromatic heterocycles. The largest absolute Gasteiger partial charge is 0.507 e. The van der Waals surface area contributed by atoms with E-state index in [1.807, 2.05) is 24.3 Å². The number of hydrogen-bond acceptors (Lipinski definition) is 4.